The van der Waals surface area contributed by atoms with Gasteiger partial charge in [-0.3, -0.25) is 14.5 Å². The third kappa shape index (κ3) is 35.6. The van der Waals surface area contributed by atoms with Crippen LogP contribution in [0.4, 0.5) is 0 Å². The minimum atomic E-state index is -0.0513. The predicted molar refractivity (Wildman–Crippen MR) is 218 cm³/mol. The standard InChI is InChI=1S/C45H89NO5/c1-5-8-11-14-17-18-19-25-33-40-50-44(48)36-30-26-32-39-46(42(4)41-47)38-31-24-20-23-29-37-45(49)51-43(34-27-21-15-12-9-6-2)35-28-22-16-13-10-7-3/h42-43,47H,5-41H2,1-4H3. The summed E-state index contributed by atoms with van der Waals surface area (Å²) in [5.41, 5.74) is 0. The maximum absolute atomic E-state index is 12.7. The molecule has 0 radical (unpaired) electrons. The van der Waals surface area contributed by atoms with Gasteiger partial charge in [0.05, 0.1) is 13.2 Å². The van der Waals surface area contributed by atoms with E-state index in [0.717, 1.165) is 90.1 Å². The van der Waals surface area contributed by atoms with Gasteiger partial charge in [-0.15, -0.1) is 0 Å². The molecule has 0 amide bonds. The molecule has 304 valence electrons. The first-order valence-corrected chi connectivity index (χ1v) is 22.7. The third-order valence-electron chi connectivity index (χ3n) is 10.6. The highest BCUT2D eigenvalue weighted by Gasteiger charge is 2.15. The van der Waals surface area contributed by atoms with Crippen LogP contribution in [0.15, 0.2) is 0 Å². The zero-order chi connectivity index (χ0) is 37.5. The van der Waals surface area contributed by atoms with Crippen molar-refractivity contribution in [3.8, 4) is 0 Å². The van der Waals surface area contributed by atoms with E-state index in [0.29, 0.717) is 19.4 Å². The van der Waals surface area contributed by atoms with Gasteiger partial charge in [0.1, 0.15) is 6.10 Å². The van der Waals surface area contributed by atoms with E-state index in [1.54, 1.807) is 0 Å². The molecule has 1 N–H and O–H groups in total. The number of hydrogen-bond acceptors (Lipinski definition) is 6. The van der Waals surface area contributed by atoms with Crippen LogP contribution in [0.5, 0.6) is 0 Å². The molecule has 0 heterocycles. The van der Waals surface area contributed by atoms with Gasteiger partial charge in [-0.25, -0.2) is 0 Å². The molecule has 0 aromatic carbocycles. The van der Waals surface area contributed by atoms with Crippen LogP contribution in [-0.4, -0.2) is 60.4 Å². The van der Waals surface area contributed by atoms with Crippen LogP contribution in [-0.2, 0) is 19.1 Å². The number of rotatable bonds is 41. The van der Waals surface area contributed by atoms with Crippen molar-refractivity contribution in [2.45, 2.75) is 252 Å². The van der Waals surface area contributed by atoms with Gasteiger partial charge in [-0.2, -0.15) is 0 Å². The number of hydrogen-bond donors (Lipinski definition) is 1. The molecule has 1 atom stereocenters. The molecule has 0 aliphatic rings. The predicted octanol–water partition coefficient (Wildman–Crippen LogP) is 13.1. The summed E-state index contributed by atoms with van der Waals surface area (Å²) in [6.45, 7) is 11.6. The quantitative estimate of drug-likeness (QED) is 0.0500. The highest BCUT2D eigenvalue weighted by atomic mass is 16.5. The molecule has 0 spiro atoms. The van der Waals surface area contributed by atoms with Crippen LogP contribution >= 0.6 is 0 Å². The Labute approximate surface area is 318 Å². The SMILES string of the molecule is CCCCCCCCCCCOC(=O)CCCCCN(CCCCCCCC(=O)OC(CCCCCCCC)CCCCCCCC)C(C)CO. The van der Waals surface area contributed by atoms with Crippen molar-refractivity contribution in [1.82, 2.24) is 4.90 Å². The second kappa shape index (κ2) is 40.1. The molecule has 0 aromatic rings. The van der Waals surface area contributed by atoms with Crippen LogP contribution in [0.3, 0.4) is 0 Å². The highest BCUT2D eigenvalue weighted by Crippen LogP contribution is 2.19. The minimum absolute atomic E-state index is 0.00646. The van der Waals surface area contributed by atoms with E-state index in [4.69, 9.17) is 9.47 Å². The molecular weight excluding hydrogens is 634 g/mol. The average Bonchev–Trinajstić information content (AvgIpc) is 3.13. The van der Waals surface area contributed by atoms with Gasteiger partial charge in [0.2, 0.25) is 0 Å². The third-order valence-corrected chi connectivity index (χ3v) is 10.6. The van der Waals surface area contributed by atoms with E-state index in [2.05, 4.69) is 32.6 Å². The summed E-state index contributed by atoms with van der Waals surface area (Å²) >= 11 is 0. The highest BCUT2D eigenvalue weighted by molar-refractivity contribution is 5.69. The largest absolute Gasteiger partial charge is 0.466 e. The first-order valence-electron chi connectivity index (χ1n) is 22.7. The Morgan fingerprint density at radius 1 is 0.490 bits per heavy atom. The minimum Gasteiger partial charge on any atom is -0.466 e. The van der Waals surface area contributed by atoms with Gasteiger partial charge in [0.15, 0.2) is 0 Å². The molecule has 0 aliphatic heterocycles. The Morgan fingerprint density at radius 2 is 0.863 bits per heavy atom. The number of esters is 2. The molecular formula is C45H89NO5. The lowest BCUT2D eigenvalue weighted by Gasteiger charge is -2.27. The number of aliphatic hydroxyl groups is 1. The van der Waals surface area contributed by atoms with E-state index in [1.807, 2.05) is 0 Å². The van der Waals surface area contributed by atoms with E-state index < -0.39 is 0 Å². The second-order valence-electron chi connectivity index (χ2n) is 15.7. The number of carbonyl (C=O) groups excluding carboxylic acids is 2. The lowest BCUT2D eigenvalue weighted by molar-refractivity contribution is -0.150. The van der Waals surface area contributed by atoms with Crippen molar-refractivity contribution in [2.75, 3.05) is 26.3 Å². The summed E-state index contributed by atoms with van der Waals surface area (Å²) in [7, 11) is 0. The zero-order valence-electron chi connectivity index (χ0n) is 34.8. The van der Waals surface area contributed by atoms with Crippen LogP contribution in [0, 0.1) is 0 Å². The maximum atomic E-state index is 12.7. The molecule has 0 aromatic heterocycles. The van der Waals surface area contributed by atoms with Gasteiger partial charge in [-0.1, -0.05) is 162 Å². The van der Waals surface area contributed by atoms with E-state index >= 15 is 0 Å². The smallest absolute Gasteiger partial charge is 0.306 e. The molecule has 0 rings (SSSR count). The van der Waals surface area contributed by atoms with Crippen molar-refractivity contribution >= 4 is 11.9 Å². The van der Waals surface area contributed by atoms with Crippen LogP contribution < -0.4 is 0 Å². The molecule has 6 nitrogen and oxygen atoms in total. The summed E-state index contributed by atoms with van der Waals surface area (Å²) < 4.78 is 11.5. The van der Waals surface area contributed by atoms with E-state index in [1.165, 1.54) is 122 Å². The van der Waals surface area contributed by atoms with E-state index in [9.17, 15) is 14.7 Å². The lowest BCUT2D eigenvalue weighted by Crippen LogP contribution is -2.37. The second-order valence-corrected chi connectivity index (χ2v) is 15.7. The maximum Gasteiger partial charge on any atom is 0.306 e. The van der Waals surface area contributed by atoms with Gasteiger partial charge >= 0.3 is 11.9 Å². The Kier molecular flexibility index (Phi) is 39.2. The summed E-state index contributed by atoms with van der Waals surface area (Å²) in [6, 6.07) is 0.154. The number of nitrogens with zero attached hydrogens (tertiary/aromatic N) is 1. The summed E-state index contributed by atoms with van der Waals surface area (Å²) in [5, 5.41) is 9.80. The molecule has 0 fully saturated rings. The van der Waals surface area contributed by atoms with Gasteiger partial charge in [0, 0.05) is 18.9 Å². The Bertz CT molecular complexity index is 715. The van der Waals surface area contributed by atoms with Crippen molar-refractivity contribution in [3.63, 3.8) is 0 Å². The number of aliphatic hydroxyl groups excluding tert-OH is 1. The van der Waals surface area contributed by atoms with Crippen LogP contribution in [0.2, 0.25) is 0 Å². The number of ether oxygens (including phenoxy) is 2. The molecule has 51 heavy (non-hydrogen) atoms. The van der Waals surface area contributed by atoms with Gasteiger partial charge < -0.3 is 14.6 Å². The first-order chi connectivity index (χ1) is 25.0. The molecule has 6 heteroatoms. The fraction of sp³-hybridized carbons (Fsp3) is 0.956. The summed E-state index contributed by atoms with van der Waals surface area (Å²) in [5.74, 6) is -0.0449. The Balaban J connectivity index is 4.06. The molecule has 0 saturated carbocycles. The van der Waals surface area contributed by atoms with E-state index in [-0.39, 0.29) is 30.7 Å². The molecule has 0 saturated heterocycles. The zero-order valence-corrected chi connectivity index (χ0v) is 34.8. The summed E-state index contributed by atoms with van der Waals surface area (Å²) in [4.78, 5) is 27.2. The van der Waals surface area contributed by atoms with Crippen LogP contribution in [0.1, 0.15) is 240 Å². The number of unbranched alkanes of at least 4 members (excludes halogenated alkanes) is 24. The normalized spacial score (nSPS) is 12.2. The van der Waals surface area contributed by atoms with Crippen molar-refractivity contribution in [1.29, 1.82) is 0 Å². The first kappa shape index (κ1) is 49.9. The monoisotopic (exact) mass is 724 g/mol. The fourth-order valence-corrected chi connectivity index (χ4v) is 7.03. The van der Waals surface area contributed by atoms with Gasteiger partial charge in [0.25, 0.3) is 0 Å². The Hall–Kier alpha value is -1.14. The van der Waals surface area contributed by atoms with Crippen LogP contribution in [0.25, 0.3) is 0 Å². The number of carbonyl (C=O) groups is 2. The molecule has 0 aliphatic carbocycles. The fourth-order valence-electron chi connectivity index (χ4n) is 7.03. The summed E-state index contributed by atoms with van der Waals surface area (Å²) in [6.07, 6.45) is 38.3. The average molecular weight is 724 g/mol. The van der Waals surface area contributed by atoms with Crippen molar-refractivity contribution in [3.05, 3.63) is 0 Å². The molecule has 1 unspecified atom stereocenters. The topological polar surface area (TPSA) is 76.1 Å². The Morgan fingerprint density at radius 3 is 1.33 bits per heavy atom. The van der Waals surface area contributed by atoms with Crippen molar-refractivity contribution in [2.24, 2.45) is 0 Å². The van der Waals surface area contributed by atoms with Gasteiger partial charge in [-0.05, 0) is 77.8 Å². The lowest BCUT2D eigenvalue weighted by atomic mass is 10.0. The van der Waals surface area contributed by atoms with Crippen molar-refractivity contribution < 1.29 is 24.2 Å². The molecule has 0 bridgehead atoms.